The molecule has 0 atom stereocenters. The van der Waals surface area contributed by atoms with Crippen LogP contribution in [0.25, 0.3) is 0 Å². The van der Waals surface area contributed by atoms with Crippen molar-refractivity contribution in [2.45, 2.75) is 18.6 Å². The highest BCUT2D eigenvalue weighted by Crippen LogP contribution is 2.36. The fourth-order valence-corrected chi connectivity index (χ4v) is 3.45. The number of hydrogen-bond donors (Lipinski definition) is 1. The Bertz CT molecular complexity index is 783. The molecule has 2 aliphatic rings. The van der Waals surface area contributed by atoms with Crippen LogP contribution in [0.4, 0.5) is 5.69 Å². The number of carbonyl (C=O) groups excluding carboxylic acids is 3. The van der Waals surface area contributed by atoms with Crippen molar-refractivity contribution in [2.75, 3.05) is 25.5 Å². The summed E-state index contributed by atoms with van der Waals surface area (Å²) in [6, 6.07) is 4.53. The van der Waals surface area contributed by atoms with Crippen LogP contribution in [-0.4, -0.2) is 48.7 Å². The highest BCUT2D eigenvalue weighted by molar-refractivity contribution is 6.42. The number of esters is 2. The van der Waals surface area contributed by atoms with E-state index >= 15 is 0 Å². The number of cyclic esters (lactones) is 2. The molecule has 2 heterocycles. The molecule has 27 heavy (non-hydrogen) atoms. The van der Waals surface area contributed by atoms with E-state index in [1.807, 2.05) is 7.05 Å². The Labute approximate surface area is 166 Å². The van der Waals surface area contributed by atoms with Crippen molar-refractivity contribution in [1.29, 1.82) is 0 Å². The molecular weight excluding hydrogens is 395 g/mol. The summed E-state index contributed by atoms with van der Waals surface area (Å²) in [6.45, 7) is 1.35. The Kier molecular flexibility index (Phi) is 5.74. The predicted octanol–water partition coefficient (Wildman–Crippen LogP) is 2.63. The van der Waals surface area contributed by atoms with Crippen molar-refractivity contribution < 1.29 is 23.9 Å². The lowest BCUT2D eigenvalue weighted by Gasteiger charge is -2.40. The second kappa shape index (κ2) is 7.88. The summed E-state index contributed by atoms with van der Waals surface area (Å²) in [5.74, 6) is -4.91. The third-order valence-electron chi connectivity index (χ3n) is 4.61. The average Bonchev–Trinajstić information content (AvgIpc) is 2.78. The molecule has 1 fully saturated rings. The molecule has 3 rings (SSSR count). The number of anilines is 1. The second-order valence-corrected chi connectivity index (χ2v) is 7.32. The molecule has 9 heteroatoms. The summed E-state index contributed by atoms with van der Waals surface area (Å²) in [5.41, 5.74) is 0.339. The van der Waals surface area contributed by atoms with Crippen molar-refractivity contribution in [3.63, 3.8) is 0 Å². The first-order valence-corrected chi connectivity index (χ1v) is 9.15. The minimum atomic E-state index is -2.05. The van der Waals surface area contributed by atoms with Gasteiger partial charge >= 0.3 is 23.6 Å². The number of benzene rings is 1. The number of ether oxygens (including phenoxy) is 2. The summed E-state index contributed by atoms with van der Waals surface area (Å²) in [4.78, 5) is 39.3. The molecule has 0 unspecified atom stereocenters. The smallest absolute Gasteiger partial charge is 0.340 e. The number of hydrogen-bond acceptors (Lipinski definition) is 6. The third kappa shape index (κ3) is 4.26. The first kappa shape index (κ1) is 19.7. The maximum absolute atomic E-state index is 13.1. The van der Waals surface area contributed by atoms with Gasteiger partial charge in [0.15, 0.2) is 0 Å². The summed E-state index contributed by atoms with van der Waals surface area (Å²) in [7, 11) is 1.95. The van der Waals surface area contributed by atoms with E-state index in [0.717, 1.165) is 12.2 Å². The zero-order valence-corrected chi connectivity index (χ0v) is 16.0. The number of rotatable bonds is 3. The minimum Gasteiger partial charge on any atom is -0.410 e. The Morgan fingerprint density at radius 1 is 1.11 bits per heavy atom. The summed E-state index contributed by atoms with van der Waals surface area (Å²) in [6.07, 6.45) is 2.94. The normalized spacial score (nSPS) is 20.6. The number of amides is 1. The van der Waals surface area contributed by atoms with Gasteiger partial charge in [0.05, 0.1) is 10.0 Å². The number of piperidine rings is 1. The summed E-state index contributed by atoms with van der Waals surface area (Å²) in [5, 5.41) is 3.20. The molecule has 0 aliphatic carbocycles. The molecule has 1 saturated heterocycles. The lowest BCUT2D eigenvalue weighted by molar-refractivity contribution is -0.236. The quantitative estimate of drug-likeness (QED) is 0.767. The van der Waals surface area contributed by atoms with E-state index in [2.05, 4.69) is 10.2 Å². The summed E-state index contributed by atoms with van der Waals surface area (Å²) < 4.78 is 10.7. The van der Waals surface area contributed by atoms with E-state index in [1.165, 1.54) is 12.1 Å². The Morgan fingerprint density at radius 3 is 2.26 bits per heavy atom. The molecular formula is C18H18Cl2N2O5. The van der Waals surface area contributed by atoms with Gasteiger partial charge in [-0.15, -0.1) is 0 Å². The fourth-order valence-electron chi connectivity index (χ4n) is 3.15. The van der Waals surface area contributed by atoms with Gasteiger partial charge < -0.3 is 19.7 Å². The molecule has 1 aromatic carbocycles. The van der Waals surface area contributed by atoms with Crippen LogP contribution in [0, 0.1) is 5.92 Å². The SMILES string of the molecule is CN1CCC(C2(C(=O)Nc3ccc(Cl)c(Cl)c3)OC(=O)C=CC(=O)O2)CC1. The first-order valence-electron chi connectivity index (χ1n) is 8.39. The maximum Gasteiger partial charge on any atom is 0.340 e. The Balaban J connectivity index is 1.93. The largest absolute Gasteiger partial charge is 0.410 e. The van der Waals surface area contributed by atoms with Gasteiger partial charge in [-0.25, -0.2) is 9.59 Å². The minimum absolute atomic E-state index is 0.249. The van der Waals surface area contributed by atoms with E-state index in [0.29, 0.717) is 36.6 Å². The zero-order valence-electron chi connectivity index (χ0n) is 14.5. The lowest BCUT2D eigenvalue weighted by Crippen LogP contribution is -2.57. The Morgan fingerprint density at radius 2 is 1.70 bits per heavy atom. The van der Waals surface area contributed by atoms with Gasteiger partial charge in [-0.3, -0.25) is 4.79 Å². The molecule has 144 valence electrons. The average molecular weight is 413 g/mol. The van der Waals surface area contributed by atoms with Crippen LogP contribution < -0.4 is 5.32 Å². The predicted molar refractivity (Wildman–Crippen MR) is 99.4 cm³/mol. The van der Waals surface area contributed by atoms with Crippen LogP contribution in [-0.2, 0) is 23.9 Å². The van der Waals surface area contributed by atoms with Gasteiger partial charge in [-0.05, 0) is 51.2 Å². The molecule has 7 nitrogen and oxygen atoms in total. The number of carbonyl (C=O) groups is 3. The number of nitrogens with one attached hydrogen (secondary N) is 1. The van der Waals surface area contributed by atoms with E-state index in [9.17, 15) is 14.4 Å². The van der Waals surface area contributed by atoms with Gasteiger partial charge in [-0.1, -0.05) is 23.2 Å². The highest BCUT2D eigenvalue weighted by Gasteiger charge is 2.54. The number of likely N-dealkylation sites (tertiary alicyclic amines) is 1. The molecule has 0 radical (unpaired) electrons. The topological polar surface area (TPSA) is 84.9 Å². The van der Waals surface area contributed by atoms with Gasteiger partial charge in [0, 0.05) is 23.8 Å². The van der Waals surface area contributed by atoms with Crippen LogP contribution in [0.5, 0.6) is 0 Å². The molecule has 0 aromatic heterocycles. The molecule has 1 aromatic rings. The lowest BCUT2D eigenvalue weighted by atomic mass is 9.87. The van der Waals surface area contributed by atoms with Crippen molar-refractivity contribution in [1.82, 2.24) is 4.90 Å². The molecule has 0 bridgehead atoms. The van der Waals surface area contributed by atoms with Gasteiger partial charge in [0.2, 0.25) is 0 Å². The standard InChI is InChI=1S/C18H18Cl2N2O5/c1-22-8-6-11(7-9-22)18(26-15(23)4-5-16(24)27-18)17(25)21-12-2-3-13(19)14(20)10-12/h2-5,10-11H,6-9H2,1H3,(H,21,25). The van der Waals surface area contributed by atoms with Crippen molar-refractivity contribution in [3.05, 3.63) is 40.4 Å². The van der Waals surface area contributed by atoms with Crippen LogP contribution in [0.2, 0.25) is 10.0 Å². The Hall–Kier alpha value is -2.09. The maximum atomic E-state index is 13.1. The van der Waals surface area contributed by atoms with Crippen LogP contribution >= 0.6 is 23.2 Å². The van der Waals surface area contributed by atoms with Crippen molar-refractivity contribution in [3.8, 4) is 0 Å². The third-order valence-corrected chi connectivity index (χ3v) is 5.35. The van der Waals surface area contributed by atoms with E-state index < -0.39 is 29.6 Å². The molecule has 1 amide bonds. The van der Waals surface area contributed by atoms with E-state index in [4.69, 9.17) is 32.7 Å². The molecule has 2 aliphatic heterocycles. The zero-order chi connectivity index (χ0) is 19.6. The monoisotopic (exact) mass is 412 g/mol. The number of nitrogens with zero attached hydrogens (tertiary/aromatic N) is 1. The second-order valence-electron chi connectivity index (χ2n) is 6.50. The van der Waals surface area contributed by atoms with E-state index in [1.54, 1.807) is 6.07 Å². The van der Waals surface area contributed by atoms with Crippen molar-refractivity contribution >= 4 is 46.7 Å². The molecule has 0 spiro atoms. The van der Waals surface area contributed by atoms with Crippen molar-refractivity contribution in [2.24, 2.45) is 5.92 Å². The van der Waals surface area contributed by atoms with Crippen LogP contribution in [0.15, 0.2) is 30.4 Å². The van der Waals surface area contributed by atoms with Crippen LogP contribution in [0.3, 0.4) is 0 Å². The van der Waals surface area contributed by atoms with E-state index in [-0.39, 0.29) is 5.02 Å². The first-order chi connectivity index (χ1) is 12.8. The summed E-state index contributed by atoms with van der Waals surface area (Å²) >= 11 is 11.9. The molecule has 1 N–H and O–H groups in total. The highest BCUT2D eigenvalue weighted by atomic mass is 35.5. The van der Waals surface area contributed by atoms with Gasteiger partial charge in [-0.2, -0.15) is 0 Å². The molecule has 0 saturated carbocycles. The fraction of sp³-hybridized carbons (Fsp3) is 0.389. The van der Waals surface area contributed by atoms with Gasteiger partial charge in [0.25, 0.3) is 0 Å². The number of halogens is 2. The van der Waals surface area contributed by atoms with Gasteiger partial charge in [0.1, 0.15) is 0 Å². The van der Waals surface area contributed by atoms with Crippen LogP contribution in [0.1, 0.15) is 12.8 Å².